The molecule has 1 aliphatic heterocycles. The van der Waals surface area contributed by atoms with Gasteiger partial charge in [0.1, 0.15) is 0 Å². The molecule has 0 amide bonds. The number of ether oxygens (including phenoxy) is 2. The molecule has 5 saturated carbocycles. The predicted molar refractivity (Wildman–Crippen MR) is 49.4 cm³/mol. The van der Waals surface area contributed by atoms with Gasteiger partial charge >= 0.3 is 0 Å². The molecule has 2 heteroatoms. The van der Waals surface area contributed by atoms with E-state index in [0.717, 1.165) is 48.7 Å². The Hall–Kier alpha value is -0.0800. The molecule has 1 saturated heterocycles. The molecule has 0 N–H and O–H groups in total. The fraction of sp³-hybridized carbons (Fsp3) is 1.00. The van der Waals surface area contributed by atoms with Gasteiger partial charge in [-0.25, -0.2) is 0 Å². The van der Waals surface area contributed by atoms with Crippen LogP contribution in [-0.2, 0) is 9.47 Å². The molecular weight excluding hydrogens is 176 g/mol. The molecule has 76 valence electrons. The van der Waals surface area contributed by atoms with Gasteiger partial charge in [-0.15, -0.1) is 0 Å². The summed E-state index contributed by atoms with van der Waals surface area (Å²) in [7, 11) is 0. The van der Waals surface area contributed by atoms with E-state index in [4.69, 9.17) is 9.47 Å². The largest absolute Gasteiger partial charge is 0.347 e. The van der Waals surface area contributed by atoms with Crippen molar-refractivity contribution in [2.75, 3.05) is 13.2 Å². The fourth-order valence-electron chi connectivity index (χ4n) is 5.62. The van der Waals surface area contributed by atoms with Crippen LogP contribution in [0.2, 0.25) is 0 Å². The van der Waals surface area contributed by atoms with Gasteiger partial charge in [-0.2, -0.15) is 0 Å². The van der Waals surface area contributed by atoms with Crippen LogP contribution in [0.5, 0.6) is 0 Å². The number of hydrogen-bond donors (Lipinski definition) is 0. The van der Waals surface area contributed by atoms with Crippen LogP contribution in [0, 0.1) is 35.5 Å². The first kappa shape index (κ1) is 7.24. The summed E-state index contributed by atoms with van der Waals surface area (Å²) in [4.78, 5) is 0. The average Bonchev–Trinajstić information content (AvgIpc) is 2.70. The average molecular weight is 192 g/mol. The summed E-state index contributed by atoms with van der Waals surface area (Å²) >= 11 is 0. The summed E-state index contributed by atoms with van der Waals surface area (Å²) in [6, 6.07) is 0. The molecule has 0 aromatic rings. The molecule has 4 bridgehead atoms. The van der Waals surface area contributed by atoms with E-state index in [1.165, 1.54) is 12.8 Å². The molecule has 6 fully saturated rings. The second-order valence-electron chi connectivity index (χ2n) is 6.02. The van der Waals surface area contributed by atoms with Gasteiger partial charge in [0.25, 0.3) is 0 Å². The van der Waals surface area contributed by atoms with Gasteiger partial charge in [0.15, 0.2) is 5.79 Å². The van der Waals surface area contributed by atoms with Crippen LogP contribution in [0.25, 0.3) is 0 Å². The lowest BCUT2D eigenvalue weighted by molar-refractivity contribution is -0.252. The zero-order valence-corrected chi connectivity index (χ0v) is 8.32. The molecule has 4 atom stereocenters. The Morgan fingerprint density at radius 3 is 2.14 bits per heavy atom. The molecule has 0 aromatic carbocycles. The van der Waals surface area contributed by atoms with Crippen LogP contribution >= 0.6 is 0 Å². The Morgan fingerprint density at radius 2 is 1.50 bits per heavy atom. The van der Waals surface area contributed by atoms with Crippen LogP contribution in [0.15, 0.2) is 0 Å². The van der Waals surface area contributed by atoms with Crippen molar-refractivity contribution in [1.82, 2.24) is 0 Å². The predicted octanol–water partition coefficient (Wildman–Crippen LogP) is 1.65. The van der Waals surface area contributed by atoms with Crippen LogP contribution in [0.4, 0.5) is 0 Å². The summed E-state index contributed by atoms with van der Waals surface area (Å²) < 4.78 is 12.0. The first-order valence-electron chi connectivity index (χ1n) is 6.18. The summed E-state index contributed by atoms with van der Waals surface area (Å²) in [6.45, 7) is 1.70. The third-order valence-electron chi connectivity index (χ3n) is 5.77. The van der Waals surface area contributed by atoms with Crippen molar-refractivity contribution in [2.45, 2.75) is 25.0 Å². The number of rotatable bonds is 0. The maximum absolute atomic E-state index is 6.02. The van der Waals surface area contributed by atoms with E-state index in [-0.39, 0.29) is 5.79 Å². The molecule has 5 aliphatic carbocycles. The smallest absolute Gasteiger partial charge is 0.174 e. The zero-order chi connectivity index (χ0) is 8.91. The van der Waals surface area contributed by atoms with Crippen molar-refractivity contribution in [3.63, 3.8) is 0 Å². The Labute approximate surface area is 84.0 Å². The van der Waals surface area contributed by atoms with Crippen molar-refractivity contribution in [1.29, 1.82) is 0 Å². The maximum Gasteiger partial charge on any atom is 0.174 e. The van der Waals surface area contributed by atoms with Crippen molar-refractivity contribution in [3.8, 4) is 0 Å². The van der Waals surface area contributed by atoms with E-state index in [2.05, 4.69) is 0 Å². The highest BCUT2D eigenvalue weighted by molar-refractivity contribution is 5.23. The van der Waals surface area contributed by atoms with Crippen LogP contribution < -0.4 is 0 Å². The normalized spacial score (nSPS) is 65.1. The maximum atomic E-state index is 6.02. The third kappa shape index (κ3) is 0.548. The minimum Gasteiger partial charge on any atom is -0.347 e. The standard InChI is InChI=1S/C12H16O2/c1-2-14-12(13-1)8-4-6-3-7(5-8)10-9(6)11(10)12/h6-11H,1-5H2. The van der Waals surface area contributed by atoms with Gasteiger partial charge in [0.05, 0.1) is 13.2 Å². The van der Waals surface area contributed by atoms with Gasteiger partial charge in [-0.3, -0.25) is 0 Å². The molecular formula is C12H16O2. The number of hydrogen-bond acceptors (Lipinski definition) is 2. The molecule has 2 nitrogen and oxygen atoms in total. The van der Waals surface area contributed by atoms with Gasteiger partial charge in [-0.1, -0.05) is 0 Å². The molecule has 14 heavy (non-hydrogen) atoms. The topological polar surface area (TPSA) is 18.5 Å². The van der Waals surface area contributed by atoms with E-state index >= 15 is 0 Å². The van der Waals surface area contributed by atoms with E-state index < -0.39 is 0 Å². The molecule has 0 aromatic heterocycles. The molecule has 1 spiro atoms. The first-order chi connectivity index (χ1) is 6.90. The van der Waals surface area contributed by atoms with E-state index in [0.29, 0.717) is 0 Å². The Kier molecular flexibility index (Phi) is 0.992. The lowest BCUT2D eigenvalue weighted by Gasteiger charge is -2.49. The second-order valence-corrected chi connectivity index (χ2v) is 6.02. The summed E-state index contributed by atoms with van der Waals surface area (Å²) in [6.07, 6.45) is 4.36. The van der Waals surface area contributed by atoms with Crippen LogP contribution in [0.1, 0.15) is 19.3 Å². The quantitative estimate of drug-likeness (QED) is 0.581. The minimum absolute atomic E-state index is 0.0667. The van der Waals surface area contributed by atoms with Crippen molar-refractivity contribution < 1.29 is 9.47 Å². The van der Waals surface area contributed by atoms with E-state index in [1.807, 2.05) is 0 Å². The van der Waals surface area contributed by atoms with E-state index in [1.54, 1.807) is 6.42 Å². The van der Waals surface area contributed by atoms with Crippen molar-refractivity contribution >= 4 is 0 Å². The first-order valence-corrected chi connectivity index (χ1v) is 6.18. The van der Waals surface area contributed by atoms with E-state index in [9.17, 15) is 0 Å². The highest BCUT2D eigenvalue weighted by atomic mass is 16.7. The fourth-order valence-corrected chi connectivity index (χ4v) is 5.62. The van der Waals surface area contributed by atoms with Crippen molar-refractivity contribution in [2.24, 2.45) is 35.5 Å². The van der Waals surface area contributed by atoms with Gasteiger partial charge in [-0.05, 0) is 42.9 Å². The minimum atomic E-state index is -0.0667. The molecule has 1 heterocycles. The lowest BCUT2D eigenvalue weighted by Crippen LogP contribution is -2.51. The zero-order valence-electron chi connectivity index (χ0n) is 8.32. The highest BCUT2D eigenvalue weighted by Crippen LogP contribution is 2.78. The van der Waals surface area contributed by atoms with Gasteiger partial charge < -0.3 is 9.47 Å². The summed E-state index contributed by atoms with van der Waals surface area (Å²) in [5.41, 5.74) is 0. The Morgan fingerprint density at radius 1 is 0.857 bits per heavy atom. The summed E-state index contributed by atoms with van der Waals surface area (Å²) in [5.74, 6) is 5.66. The lowest BCUT2D eigenvalue weighted by atomic mass is 9.64. The molecule has 0 radical (unpaired) electrons. The third-order valence-corrected chi connectivity index (χ3v) is 5.77. The van der Waals surface area contributed by atoms with Gasteiger partial charge in [0.2, 0.25) is 0 Å². The van der Waals surface area contributed by atoms with Gasteiger partial charge in [0, 0.05) is 11.8 Å². The molecule has 6 rings (SSSR count). The monoisotopic (exact) mass is 192 g/mol. The second kappa shape index (κ2) is 1.92. The summed E-state index contributed by atoms with van der Waals surface area (Å²) in [5, 5.41) is 0. The molecule has 4 unspecified atom stereocenters. The Balaban J connectivity index is 1.66. The van der Waals surface area contributed by atoms with Crippen LogP contribution in [-0.4, -0.2) is 19.0 Å². The molecule has 6 aliphatic rings. The Bertz CT molecular complexity index is 285. The van der Waals surface area contributed by atoms with Crippen molar-refractivity contribution in [3.05, 3.63) is 0 Å². The van der Waals surface area contributed by atoms with Crippen LogP contribution in [0.3, 0.4) is 0 Å². The highest BCUT2D eigenvalue weighted by Gasteiger charge is 2.79. The SMILES string of the molecule is C1COC2(O1)C1CC3CC(C1)C1C3C12.